The van der Waals surface area contributed by atoms with E-state index < -0.39 is 0 Å². The fraction of sp³-hybridized carbons (Fsp3) is 0.750. The van der Waals surface area contributed by atoms with Crippen LogP contribution in [0.3, 0.4) is 0 Å². The Bertz CT molecular complexity index is 356. The second-order valence-corrected chi connectivity index (χ2v) is 7.23. The standard InChI is InChI=1S/C12H20N2OS2/c1-9-12(17-8-7-16-9)11(15)4-3-10-5-6-13-14(10)2/h5-6,9,11-12,15H,3-4,7-8H2,1-2H3. The highest BCUT2D eigenvalue weighted by Gasteiger charge is 2.28. The summed E-state index contributed by atoms with van der Waals surface area (Å²) in [7, 11) is 1.95. The summed E-state index contributed by atoms with van der Waals surface area (Å²) in [5.74, 6) is 2.39. The van der Waals surface area contributed by atoms with Gasteiger partial charge in [-0.15, -0.1) is 0 Å². The predicted octanol–water partition coefficient (Wildman–Crippen LogP) is 1.95. The van der Waals surface area contributed by atoms with E-state index in [4.69, 9.17) is 0 Å². The fourth-order valence-corrected chi connectivity index (χ4v) is 5.06. The number of aliphatic hydroxyl groups is 1. The number of thioether (sulfide) groups is 2. The van der Waals surface area contributed by atoms with Gasteiger partial charge in [-0.2, -0.15) is 28.6 Å². The quantitative estimate of drug-likeness (QED) is 0.909. The second-order valence-electron chi connectivity index (χ2n) is 4.46. The van der Waals surface area contributed by atoms with Crippen LogP contribution in [0.1, 0.15) is 19.0 Å². The molecule has 0 radical (unpaired) electrons. The van der Waals surface area contributed by atoms with Crippen molar-refractivity contribution in [3.63, 3.8) is 0 Å². The Kier molecular flexibility index (Phi) is 4.82. The lowest BCUT2D eigenvalue weighted by Gasteiger charge is -2.31. The average Bonchev–Trinajstić information content (AvgIpc) is 2.72. The number of nitrogens with zero attached hydrogens (tertiary/aromatic N) is 2. The van der Waals surface area contributed by atoms with E-state index in [9.17, 15) is 5.11 Å². The van der Waals surface area contributed by atoms with Gasteiger partial charge in [-0.3, -0.25) is 4.68 Å². The smallest absolute Gasteiger partial charge is 0.0673 e. The highest BCUT2D eigenvalue weighted by Crippen LogP contribution is 2.34. The van der Waals surface area contributed by atoms with Crippen LogP contribution < -0.4 is 0 Å². The Labute approximate surface area is 111 Å². The molecule has 2 heterocycles. The van der Waals surface area contributed by atoms with E-state index in [1.807, 2.05) is 47.5 Å². The number of aromatic nitrogens is 2. The van der Waals surface area contributed by atoms with Crippen LogP contribution in [0.5, 0.6) is 0 Å². The third-order valence-electron chi connectivity index (χ3n) is 3.23. The zero-order chi connectivity index (χ0) is 12.3. The molecule has 3 unspecified atom stereocenters. The summed E-state index contributed by atoms with van der Waals surface area (Å²) in [4.78, 5) is 0. The maximum absolute atomic E-state index is 10.3. The number of aryl methyl sites for hydroxylation is 2. The first-order valence-electron chi connectivity index (χ1n) is 6.06. The Morgan fingerprint density at radius 3 is 2.94 bits per heavy atom. The van der Waals surface area contributed by atoms with Crippen molar-refractivity contribution < 1.29 is 5.11 Å². The topological polar surface area (TPSA) is 38.1 Å². The zero-order valence-electron chi connectivity index (χ0n) is 10.4. The monoisotopic (exact) mass is 272 g/mol. The molecular formula is C12H20N2OS2. The summed E-state index contributed by atoms with van der Waals surface area (Å²) in [5, 5.41) is 15.4. The Morgan fingerprint density at radius 2 is 2.29 bits per heavy atom. The minimum absolute atomic E-state index is 0.197. The first kappa shape index (κ1) is 13.3. The first-order chi connectivity index (χ1) is 8.18. The van der Waals surface area contributed by atoms with Crippen molar-refractivity contribution in [1.29, 1.82) is 0 Å². The summed E-state index contributed by atoms with van der Waals surface area (Å²) in [5.41, 5.74) is 1.20. The molecule has 1 aliphatic heterocycles. The van der Waals surface area contributed by atoms with Gasteiger partial charge < -0.3 is 5.11 Å². The second kappa shape index (κ2) is 6.16. The third kappa shape index (κ3) is 3.42. The van der Waals surface area contributed by atoms with Gasteiger partial charge in [0.1, 0.15) is 0 Å². The molecule has 1 saturated heterocycles. The van der Waals surface area contributed by atoms with Crippen LogP contribution >= 0.6 is 23.5 Å². The molecule has 96 valence electrons. The van der Waals surface area contributed by atoms with Gasteiger partial charge >= 0.3 is 0 Å². The normalized spacial score (nSPS) is 27.0. The Hall–Kier alpha value is -0.130. The van der Waals surface area contributed by atoms with Crippen molar-refractivity contribution in [1.82, 2.24) is 9.78 Å². The molecule has 1 aliphatic rings. The molecule has 5 heteroatoms. The molecule has 3 atom stereocenters. The Balaban J connectivity index is 1.84. The first-order valence-corrected chi connectivity index (χ1v) is 8.16. The molecule has 1 aromatic heterocycles. The summed E-state index contributed by atoms with van der Waals surface area (Å²) >= 11 is 3.91. The summed E-state index contributed by atoms with van der Waals surface area (Å²) in [6.45, 7) is 2.23. The van der Waals surface area contributed by atoms with E-state index in [2.05, 4.69) is 12.0 Å². The van der Waals surface area contributed by atoms with Gasteiger partial charge in [0.25, 0.3) is 0 Å². The summed E-state index contributed by atoms with van der Waals surface area (Å²) in [6, 6.07) is 2.03. The largest absolute Gasteiger partial charge is 0.392 e. The van der Waals surface area contributed by atoms with Gasteiger partial charge in [-0.1, -0.05) is 6.92 Å². The fourth-order valence-electron chi connectivity index (χ4n) is 2.18. The van der Waals surface area contributed by atoms with Gasteiger partial charge in [0.2, 0.25) is 0 Å². The van der Waals surface area contributed by atoms with E-state index in [1.165, 1.54) is 17.2 Å². The molecular weight excluding hydrogens is 252 g/mol. The highest BCUT2D eigenvalue weighted by atomic mass is 32.2. The molecule has 1 N–H and O–H groups in total. The predicted molar refractivity (Wildman–Crippen MR) is 75.7 cm³/mol. The van der Waals surface area contributed by atoms with Crippen molar-refractivity contribution in [2.75, 3.05) is 11.5 Å². The maximum Gasteiger partial charge on any atom is 0.0673 e. The van der Waals surface area contributed by atoms with Crippen LogP contribution in [-0.2, 0) is 13.5 Å². The molecule has 0 saturated carbocycles. The lowest BCUT2D eigenvalue weighted by atomic mass is 10.1. The molecule has 3 nitrogen and oxygen atoms in total. The van der Waals surface area contributed by atoms with E-state index in [-0.39, 0.29) is 6.10 Å². The van der Waals surface area contributed by atoms with Crippen molar-refractivity contribution >= 4 is 23.5 Å². The van der Waals surface area contributed by atoms with Crippen LogP contribution in [0.4, 0.5) is 0 Å². The average molecular weight is 272 g/mol. The molecule has 1 aromatic rings. The summed E-state index contributed by atoms with van der Waals surface area (Å²) in [6.07, 6.45) is 3.36. The van der Waals surface area contributed by atoms with Gasteiger partial charge in [0.15, 0.2) is 0 Å². The molecule has 0 aliphatic carbocycles. The molecule has 0 amide bonds. The maximum atomic E-state index is 10.3. The number of hydrogen-bond acceptors (Lipinski definition) is 4. The third-order valence-corrected chi connectivity index (χ3v) is 6.47. The molecule has 0 aromatic carbocycles. The van der Waals surface area contributed by atoms with Crippen molar-refractivity contribution in [2.45, 2.75) is 36.4 Å². The van der Waals surface area contributed by atoms with Gasteiger partial charge in [-0.25, -0.2) is 0 Å². The van der Waals surface area contributed by atoms with E-state index >= 15 is 0 Å². The lowest BCUT2D eigenvalue weighted by molar-refractivity contribution is 0.160. The Morgan fingerprint density at radius 1 is 1.53 bits per heavy atom. The van der Waals surface area contributed by atoms with E-state index in [0.29, 0.717) is 10.5 Å². The van der Waals surface area contributed by atoms with Crippen molar-refractivity contribution in [3.8, 4) is 0 Å². The minimum Gasteiger partial charge on any atom is -0.392 e. The van der Waals surface area contributed by atoms with E-state index in [0.717, 1.165) is 12.8 Å². The number of rotatable bonds is 4. The van der Waals surface area contributed by atoms with Gasteiger partial charge in [0, 0.05) is 40.9 Å². The zero-order valence-corrected chi connectivity index (χ0v) is 12.0. The van der Waals surface area contributed by atoms with Crippen LogP contribution in [0.15, 0.2) is 12.3 Å². The molecule has 0 bridgehead atoms. The van der Waals surface area contributed by atoms with Crippen LogP contribution in [0.2, 0.25) is 0 Å². The van der Waals surface area contributed by atoms with Crippen molar-refractivity contribution in [2.24, 2.45) is 7.05 Å². The number of hydrogen-bond donors (Lipinski definition) is 1. The summed E-state index contributed by atoms with van der Waals surface area (Å²) < 4.78 is 1.89. The van der Waals surface area contributed by atoms with Crippen molar-refractivity contribution in [3.05, 3.63) is 18.0 Å². The van der Waals surface area contributed by atoms with Crippen LogP contribution in [0.25, 0.3) is 0 Å². The molecule has 2 rings (SSSR count). The highest BCUT2D eigenvalue weighted by molar-refractivity contribution is 8.07. The lowest BCUT2D eigenvalue weighted by Crippen LogP contribution is -2.35. The number of aliphatic hydroxyl groups excluding tert-OH is 1. The molecule has 17 heavy (non-hydrogen) atoms. The van der Waals surface area contributed by atoms with Crippen LogP contribution in [0, 0.1) is 0 Å². The molecule has 1 fully saturated rings. The molecule has 0 spiro atoms. The van der Waals surface area contributed by atoms with Gasteiger partial charge in [-0.05, 0) is 18.9 Å². The van der Waals surface area contributed by atoms with E-state index in [1.54, 1.807) is 0 Å². The SMILES string of the molecule is CC1SCCSC1C(O)CCc1ccnn1C. The van der Waals surface area contributed by atoms with Crippen LogP contribution in [-0.4, -0.2) is 43.0 Å². The minimum atomic E-state index is -0.197. The van der Waals surface area contributed by atoms with Gasteiger partial charge in [0.05, 0.1) is 6.10 Å².